The van der Waals surface area contributed by atoms with Gasteiger partial charge in [-0.05, 0) is 42.7 Å². The molecule has 1 aliphatic carbocycles. The van der Waals surface area contributed by atoms with E-state index in [1.807, 2.05) is 37.5 Å². The third kappa shape index (κ3) is 3.12. The fraction of sp³-hybridized carbons (Fsp3) is 0.500. The molecule has 178 valence electrons. The molecule has 2 saturated heterocycles. The smallest absolute Gasteiger partial charge is 0.248 e. The van der Waals surface area contributed by atoms with Gasteiger partial charge in [0.1, 0.15) is 30.8 Å². The van der Waals surface area contributed by atoms with Gasteiger partial charge in [0.05, 0.1) is 36.0 Å². The Labute approximate surface area is 195 Å². The molecule has 1 atom stereocenters. The largest absolute Gasteiger partial charge is 0.484 e. The lowest BCUT2D eigenvalue weighted by Gasteiger charge is -2.45. The van der Waals surface area contributed by atoms with E-state index in [1.54, 1.807) is 4.68 Å². The topological polar surface area (TPSA) is 103 Å². The van der Waals surface area contributed by atoms with Gasteiger partial charge in [-0.3, -0.25) is 9.78 Å². The Balaban J connectivity index is 1.22. The normalized spacial score (nSPS) is 26.3. The summed E-state index contributed by atoms with van der Waals surface area (Å²) >= 11 is 0. The summed E-state index contributed by atoms with van der Waals surface area (Å²) in [5, 5.41) is 19.0. The summed E-state index contributed by atoms with van der Waals surface area (Å²) in [5.74, 6) is 0.267. The first kappa shape index (κ1) is 21.4. The lowest BCUT2D eigenvalue weighted by molar-refractivity contribution is -0.138. The molecule has 7 rings (SSSR count). The summed E-state index contributed by atoms with van der Waals surface area (Å²) in [6, 6.07) is 5.87. The van der Waals surface area contributed by atoms with Crippen molar-refractivity contribution in [3.63, 3.8) is 0 Å². The Morgan fingerprint density at radius 1 is 1.38 bits per heavy atom. The van der Waals surface area contributed by atoms with Crippen LogP contribution in [0.15, 0.2) is 30.6 Å². The van der Waals surface area contributed by atoms with E-state index in [1.165, 1.54) is 10.5 Å². The Hall–Kier alpha value is -3.11. The molecule has 34 heavy (non-hydrogen) atoms. The van der Waals surface area contributed by atoms with Gasteiger partial charge in [0.15, 0.2) is 0 Å². The van der Waals surface area contributed by atoms with Crippen molar-refractivity contribution in [1.29, 1.82) is 0 Å². The van der Waals surface area contributed by atoms with E-state index >= 15 is 0 Å². The van der Waals surface area contributed by atoms with Crippen molar-refractivity contribution in [2.24, 2.45) is 0 Å². The minimum Gasteiger partial charge on any atom is -0.484 e. The Kier molecular flexibility index (Phi) is 4.86. The molecule has 10 heteroatoms. The summed E-state index contributed by atoms with van der Waals surface area (Å²) in [7, 11) is 0. The van der Waals surface area contributed by atoms with Crippen LogP contribution < -0.4 is 4.74 Å². The molecule has 5 heterocycles. The van der Waals surface area contributed by atoms with Gasteiger partial charge in [0.25, 0.3) is 0 Å². The number of alkyl halides is 1. The summed E-state index contributed by atoms with van der Waals surface area (Å²) < 4.78 is 27.3. The van der Waals surface area contributed by atoms with Crippen molar-refractivity contribution in [3.05, 3.63) is 47.4 Å². The van der Waals surface area contributed by atoms with Gasteiger partial charge in [-0.15, -0.1) is 5.10 Å². The second-order valence-electron chi connectivity index (χ2n) is 9.67. The maximum atomic E-state index is 13.8. The number of hydrogen-bond acceptors (Lipinski definition) is 7. The predicted octanol–water partition coefficient (Wildman–Crippen LogP) is 2.07. The highest BCUT2D eigenvalue weighted by atomic mass is 19.1. The minimum atomic E-state index is -0.836. The Bertz CT molecular complexity index is 1270. The molecule has 9 nitrogen and oxygen atoms in total. The number of hydrogen-bond donors (Lipinski definition) is 1. The average Bonchev–Trinajstić information content (AvgIpc) is 3.55. The number of rotatable bonds is 6. The highest BCUT2D eigenvalue weighted by Crippen LogP contribution is 2.57. The van der Waals surface area contributed by atoms with E-state index in [4.69, 9.17) is 9.47 Å². The molecule has 3 fully saturated rings. The summed E-state index contributed by atoms with van der Waals surface area (Å²) in [6.07, 6.45) is 5.12. The predicted molar refractivity (Wildman–Crippen MR) is 119 cm³/mol. The molecule has 3 aliphatic heterocycles. The van der Waals surface area contributed by atoms with Crippen LogP contribution in [-0.4, -0.2) is 67.9 Å². The van der Waals surface area contributed by atoms with Gasteiger partial charge in [0.2, 0.25) is 5.91 Å². The number of fused-ring (bicyclic) bond motifs is 4. The lowest BCUT2D eigenvalue weighted by atomic mass is 9.68. The van der Waals surface area contributed by atoms with Crippen LogP contribution in [0.4, 0.5) is 4.39 Å². The van der Waals surface area contributed by atoms with Crippen molar-refractivity contribution in [2.75, 3.05) is 26.4 Å². The highest BCUT2D eigenvalue weighted by molar-refractivity contribution is 5.84. The number of carbonyl (C=O) groups is 1. The third-order valence-electron chi connectivity index (χ3n) is 7.55. The van der Waals surface area contributed by atoms with Crippen LogP contribution >= 0.6 is 0 Å². The van der Waals surface area contributed by atoms with Crippen LogP contribution in [0, 0.1) is 0 Å². The van der Waals surface area contributed by atoms with Gasteiger partial charge in [0, 0.05) is 31.0 Å². The monoisotopic (exact) mass is 467 g/mol. The number of aromatic nitrogens is 4. The van der Waals surface area contributed by atoms with E-state index in [0.717, 1.165) is 28.6 Å². The van der Waals surface area contributed by atoms with E-state index < -0.39 is 30.3 Å². The van der Waals surface area contributed by atoms with E-state index in [-0.39, 0.29) is 6.10 Å². The van der Waals surface area contributed by atoms with Crippen LogP contribution in [0.3, 0.4) is 0 Å². The van der Waals surface area contributed by atoms with Crippen LogP contribution in [0.1, 0.15) is 42.7 Å². The molecule has 0 spiro atoms. The zero-order valence-corrected chi connectivity index (χ0v) is 18.9. The molecule has 3 aromatic rings. The molecule has 0 unspecified atom stereocenters. The molecule has 1 saturated carbocycles. The lowest BCUT2D eigenvalue weighted by Crippen LogP contribution is -2.56. The fourth-order valence-corrected chi connectivity index (χ4v) is 5.85. The SMILES string of the molecule is C[C@@H](Oc1ccc2ncc3c(c2c1)CCOC3)c1cn(C23CN(C(=O)CO)C(CF)(C2)C3)nn1. The third-order valence-corrected chi connectivity index (χ3v) is 7.55. The first-order chi connectivity index (χ1) is 16.5. The summed E-state index contributed by atoms with van der Waals surface area (Å²) in [5.41, 5.74) is 2.62. The first-order valence-electron chi connectivity index (χ1n) is 11.5. The molecule has 2 bridgehead atoms. The molecule has 4 aliphatic rings. The molecular weight excluding hydrogens is 441 g/mol. The van der Waals surface area contributed by atoms with E-state index in [9.17, 15) is 14.3 Å². The van der Waals surface area contributed by atoms with Gasteiger partial charge < -0.3 is 19.5 Å². The second kappa shape index (κ2) is 7.71. The average molecular weight is 468 g/mol. The summed E-state index contributed by atoms with van der Waals surface area (Å²) in [4.78, 5) is 18.1. The Morgan fingerprint density at radius 2 is 2.24 bits per heavy atom. The molecular formula is C24H26FN5O4. The van der Waals surface area contributed by atoms with Gasteiger partial charge in [-0.25, -0.2) is 9.07 Å². The number of nitrogens with zero attached hydrogens (tertiary/aromatic N) is 5. The molecule has 0 radical (unpaired) electrons. The van der Waals surface area contributed by atoms with E-state index in [2.05, 4.69) is 15.3 Å². The summed E-state index contributed by atoms with van der Waals surface area (Å²) in [6.45, 7) is 2.25. The van der Waals surface area contributed by atoms with Crippen molar-refractivity contribution in [1.82, 2.24) is 24.9 Å². The number of aliphatic hydroxyl groups excluding tert-OH is 1. The van der Waals surface area contributed by atoms with Gasteiger partial charge in [-0.1, -0.05) is 5.21 Å². The Morgan fingerprint density at radius 3 is 3.03 bits per heavy atom. The number of benzene rings is 1. The van der Waals surface area contributed by atoms with Crippen LogP contribution in [0.25, 0.3) is 10.9 Å². The number of amides is 1. The standard InChI is InChI=1S/C24H26FN5O4/c1-15(34-17-2-3-20-19(6-17)18-4-5-33-10-16(18)7-26-20)21-8-30(28-27-21)24-11-23(12-24,13-25)29(14-24)22(32)9-31/h2-3,6-8,15,31H,4-5,9-14H2,1H3/t15-,23?,24?/m1/s1. The van der Waals surface area contributed by atoms with Crippen molar-refractivity contribution >= 4 is 16.8 Å². The zero-order valence-electron chi connectivity index (χ0n) is 18.9. The second-order valence-corrected chi connectivity index (χ2v) is 9.67. The van der Waals surface area contributed by atoms with Crippen LogP contribution in [0.2, 0.25) is 0 Å². The highest BCUT2D eigenvalue weighted by Gasteiger charge is 2.68. The fourth-order valence-electron chi connectivity index (χ4n) is 5.85. The van der Waals surface area contributed by atoms with Gasteiger partial charge in [-0.2, -0.15) is 0 Å². The number of pyridine rings is 1. The zero-order chi connectivity index (χ0) is 23.5. The first-order valence-corrected chi connectivity index (χ1v) is 11.5. The van der Waals surface area contributed by atoms with Crippen molar-refractivity contribution < 1.29 is 23.8 Å². The maximum Gasteiger partial charge on any atom is 0.248 e. The number of halogens is 1. The molecule has 2 aromatic heterocycles. The molecule has 1 aromatic carbocycles. The maximum absolute atomic E-state index is 13.8. The van der Waals surface area contributed by atoms with Crippen molar-refractivity contribution in [2.45, 2.75) is 50.0 Å². The van der Waals surface area contributed by atoms with Gasteiger partial charge >= 0.3 is 0 Å². The minimum absolute atomic E-state index is 0.320. The van der Waals surface area contributed by atoms with Crippen molar-refractivity contribution in [3.8, 4) is 5.75 Å². The molecule has 1 amide bonds. The number of carbonyl (C=O) groups excluding carboxylic acids is 1. The quantitative estimate of drug-likeness (QED) is 0.592. The number of aliphatic hydroxyl groups is 1. The van der Waals surface area contributed by atoms with Crippen LogP contribution in [-0.2, 0) is 28.1 Å². The van der Waals surface area contributed by atoms with Crippen LogP contribution in [0.5, 0.6) is 5.75 Å². The number of ether oxygens (including phenoxy) is 2. The van der Waals surface area contributed by atoms with E-state index in [0.29, 0.717) is 38.3 Å². The molecule has 1 N–H and O–H groups in total.